The highest BCUT2D eigenvalue weighted by Crippen LogP contribution is 2.48. The predicted molar refractivity (Wildman–Crippen MR) is 141 cm³/mol. The summed E-state index contributed by atoms with van der Waals surface area (Å²) in [7, 11) is 0. The van der Waals surface area contributed by atoms with Gasteiger partial charge in [-0.2, -0.15) is 22.1 Å². The van der Waals surface area contributed by atoms with E-state index in [9.17, 15) is 0 Å². The van der Waals surface area contributed by atoms with Crippen LogP contribution in [0.1, 0.15) is 18.9 Å². The summed E-state index contributed by atoms with van der Waals surface area (Å²) in [5.74, 6) is 0. The lowest BCUT2D eigenvalue weighted by atomic mass is 10.2. The van der Waals surface area contributed by atoms with E-state index in [-0.39, 0.29) is 0 Å². The van der Waals surface area contributed by atoms with Crippen LogP contribution in [-0.4, -0.2) is 24.0 Å². The van der Waals surface area contributed by atoms with Crippen LogP contribution >= 0.6 is 46.6 Å². The molecule has 33 heavy (non-hydrogen) atoms. The lowest BCUT2D eigenvalue weighted by Gasteiger charge is -2.17. The van der Waals surface area contributed by atoms with Crippen LogP contribution in [0.15, 0.2) is 58.5 Å². The molecule has 2 aromatic carbocycles. The molecule has 0 bridgehead atoms. The fourth-order valence-electron chi connectivity index (χ4n) is 4.06. The van der Waals surface area contributed by atoms with Crippen molar-refractivity contribution >= 4 is 90.6 Å². The number of fused-ring (bicyclic) bond motifs is 6. The Kier molecular flexibility index (Phi) is 5.45. The Bertz CT molecular complexity index is 1590. The number of aryl methyl sites for hydroxylation is 1. The third-order valence-corrected chi connectivity index (χ3v) is 9.01. The SMILES string of the molecule is CCN1\C(=C/C=C/C=C/c2sc3c4nsnc4ccc3[n+]2CC)Sc2c1ccc1nsnc21. The maximum Gasteiger partial charge on any atom is 0.262 e. The number of thiazole rings is 1. The maximum atomic E-state index is 4.50. The molecule has 5 aromatic rings. The zero-order valence-electron chi connectivity index (χ0n) is 17.9. The maximum absolute atomic E-state index is 4.50. The quantitative estimate of drug-likeness (QED) is 0.207. The van der Waals surface area contributed by atoms with Crippen LogP contribution in [0.25, 0.3) is 38.4 Å². The Morgan fingerprint density at radius 1 is 0.909 bits per heavy atom. The summed E-state index contributed by atoms with van der Waals surface area (Å²) < 4.78 is 21.3. The standard InChI is InChI=1S/C23H19N6S4/c1-3-28-16-12-10-14-20(26-32-24-14)22(16)30-18(28)8-6-5-7-9-19-29(4-2)17-13-11-15-21(23(17)31-19)27-33-25-15/h5-13H,3-4H2,1-2H3/q+1. The van der Waals surface area contributed by atoms with Gasteiger partial charge >= 0.3 is 0 Å². The van der Waals surface area contributed by atoms with Gasteiger partial charge in [-0.15, -0.1) is 0 Å². The van der Waals surface area contributed by atoms with E-state index >= 15 is 0 Å². The fourth-order valence-corrected chi connectivity index (χ4v) is 7.70. The van der Waals surface area contributed by atoms with Crippen molar-refractivity contribution < 1.29 is 4.57 Å². The Morgan fingerprint density at radius 2 is 1.70 bits per heavy atom. The third kappa shape index (κ3) is 3.48. The summed E-state index contributed by atoms with van der Waals surface area (Å²) in [6, 6.07) is 8.43. The van der Waals surface area contributed by atoms with Gasteiger partial charge in [0.1, 0.15) is 33.3 Å². The molecule has 10 heteroatoms. The summed E-state index contributed by atoms with van der Waals surface area (Å²) in [6.07, 6.45) is 10.7. The van der Waals surface area contributed by atoms with Crippen LogP contribution in [0.3, 0.4) is 0 Å². The second-order valence-corrected chi connectivity index (χ2v) is 10.5. The highest BCUT2D eigenvalue weighted by Gasteiger charge is 2.26. The molecule has 4 heterocycles. The highest BCUT2D eigenvalue weighted by atomic mass is 32.2. The van der Waals surface area contributed by atoms with Crippen LogP contribution in [0.4, 0.5) is 5.69 Å². The van der Waals surface area contributed by atoms with Crippen molar-refractivity contribution in [3.05, 3.63) is 58.6 Å². The van der Waals surface area contributed by atoms with Crippen molar-refractivity contribution in [2.45, 2.75) is 25.3 Å². The Hall–Kier alpha value is -2.66. The van der Waals surface area contributed by atoms with Gasteiger partial charge in [-0.1, -0.05) is 41.3 Å². The molecule has 0 saturated heterocycles. The van der Waals surface area contributed by atoms with E-state index in [1.165, 1.54) is 54.3 Å². The third-order valence-electron chi connectivity index (χ3n) is 5.58. The monoisotopic (exact) mass is 507 g/mol. The number of rotatable bonds is 5. The largest absolute Gasteiger partial charge is 0.335 e. The number of aromatic nitrogens is 5. The molecule has 1 aliphatic heterocycles. The average Bonchev–Trinajstić information content (AvgIpc) is 3.61. The highest BCUT2D eigenvalue weighted by molar-refractivity contribution is 8.04. The van der Waals surface area contributed by atoms with Gasteiger partial charge in [0.2, 0.25) is 5.52 Å². The van der Waals surface area contributed by atoms with E-state index in [0.717, 1.165) is 35.2 Å². The average molecular weight is 508 g/mol. The zero-order valence-corrected chi connectivity index (χ0v) is 21.2. The number of allylic oxidation sites excluding steroid dienone is 4. The van der Waals surface area contributed by atoms with Gasteiger partial charge in [0, 0.05) is 18.7 Å². The fraction of sp³-hybridized carbons (Fsp3) is 0.174. The molecular formula is C23H19N6S4+. The van der Waals surface area contributed by atoms with Crippen molar-refractivity contribution in [2.75, 3.05) is 11.4 Å². The van der Waals surface area contributed by atoms with Gasteiger partial charge in [-0.25, -0.2) is 0 Å². The van der Waals surface area contributed by atoms with E-state index in [2.05, 4.69) is 95.5 Å². The molecule has 0 atom stereocenters. The number of hydrogen-bond donors (Lipinski definition) is 0. The Labute approximate surface area is 207 Å². The van der Waals surface area contributed by atoms with Crippen LogP contribution < -0.4 is 9.47 Å². The van der Waals surface area contributed by atoms with Crippen molar-refractivity contribution in [1.29, 1.82) is 0 Å². The van der Waals surface area contributed by atoms with Gasteiger partial charge in [0.05, 0.1) is 39.1 Å². The lowest BCUT2D eigenvalue weighted by molar-refractivity contribution is -0.665. The van der Waals surface area contributed by atoms with Crippen molar-refractivity contribution in [3.8, 4) is 0 Å². The minimum Gasteiger partial charge on any atom is -0.335 e. The molecule has 6 rings (SSSR count). The van der Waals surface area contributed by atoms with Gasteiger partial charge in [-0.05, 0) is 38.1 Å². The van der Waals surface area contributed by atoms with Crippen molar-refractivity contribution in [2.24, 2.45) is 0 Å². The van der Waals surface area contributed by atoms with E-state index in [1.807, 2.05) is 0 Å². The van der Waals surface area contributed by atoms with E-state index < -0.39 is 0 Å². The summed E-state index contributed by atoms with van der Waals surface area (Å²) in [6.45, 7) is 6.18. The predicted octanol–water partition coefficient (Wildman–Crippen LogP) is 6.26. The van der Waals surface area contributed by atoms with Crippen LogP contribution in [0, 0.1) is 0 Å². The summed E-state index contributed by atoms with van der Waals surface area (Å²) >= 11 is 6.09. The molecule has 164 valence electrons. The Balaban J connectivity index is 1.27. The van der Waals surface area contributed by atoms with E-state index in [4.69, 9.17) is 0 Å². The minimum absolute atomic E-state index is 0.914. The molecule has 6 nitrogen and oxygen atoms in total. The Morgan fingerprint density at radius 3 is 2.52 bits per heavy atom. The van der Waals surface area contributed by atoms with E-state index in [1.54, 1.807) is 23.1 Å². The van der Waals surface area contributed by atoms with Gasteiger partial charge < -0.3 is 4.90 Å². The first-order valence-corrected chi connectivity index (χ1v) is 13.7. The second-order valence-electron chi connectivity index (χ2n) is 7.37. The molecule has 0 aliphatic carbocycles. The molecule has 0 N–H and O–H groups in total. The zero-order chi connectivity index (χ0) is 22.4. The molecule has 0 amide bonds. The van der Waals surface area contributed by atoms with Crippen molar-refractivity contribution in [1.82, 2.24) is 17.5 Å². The smallest absolute Gasteiger partial charge is 0.262 e. The molecule has 0 radical (unpaired) electrons. The van der Waals surface area contributed by atoms with Crippen LogP contribution in [-0.2, 0) is 6.54 Å². The molecule has 0 spiro atoms. The minimum atomic E-state index is 0.914. The summed E-state index contributed by atoms with van der Waals surface area (Å²) in [4.78, 5) is 3.53. The number of thioether (sulfide) groups is 1. The number of anilines is 1. The molecule has 1 aliphatic rings. The topological polar surface area (TPSA) is 58.7 Å². The van der Waals surface area contributed by atoms with Crippen LogP contribution in [0.5, 0.6) is 0 Å². The van der Waals surface area contributed by atoms with Gasteiger partial charge in [-0.3, -0.25) is 0 Å². The number of hydrogen-bond acceptors (Lipinski definition) is 9. The molecular weight excluding hydrogens is 489 g/mol. The van der Waals surface area contributed by atoms with Gasteiger partial charge in [0.15, 0.2) is 0 Å². The van der Waals surface area contributed by atoms with Gasteiger partial charge in [0.25, 0.3) is 5.01 Å². The molecule has 3 aromatic heterocycles. The lowest BCUT2D eigenvalue weighted by Crippen LogP contribution is -2.33. The number of nitrogens with zero attached hydrogens (tertiary/aromatic N) is 6. The first-order valence-electron chi connectivity index (χ1n) is 10.6. The first-order chi connectivity index (χ1) is 16.3. The molecule has 0 fully saturated rings. The normalized spacial score (nSPS) is 15.5. The second kappa shape index (κ2) is 8.60. The van der Waals surface area contributed by atoms with E-state index in [0.29, 0.717) is 0 Å². The summed E-state index contributed by atoms with van der Waals surface area (Å²) in [5, 5.41) is 2.42. The first kappa shape index (κ1) is 20.9. The number of benzene rings is 2. The van der Waals surface area contributed by atoms with Crippen molar-refractivity contribution in [3.63, 3.8) is 0 Å². The molecule has 0 saturated carbocycles. The molecule has 0 unspecified atom stereocenters. The van der Waals surface area contributed by atoms with Crippen LogP contribution in [0.2, 0.25) is 0 Å². The summed E-state index contributed by atoms with van der Waals surface area (Å²) in [5.41, 5.74) is 6.39.